The minimum absolute atomic E-state index is 0.0764. The SMILES string of the molecule is O=c1ccc(-c2ccccc2)nn1Cc1nnc(SCc2cccc(F)c2)o1. The van der Waals surface area contributed by atoms with Crippen LogP contribution in [0.1, 0.15) is 11.5 Å². The molecule has 6 nitrogen and oxygen atoms in total. The summed E-state index contributed by atoms with van der Waals surface area (Å²) in [6.07, 6.45) is 0. The van der Waals surface area contributed by atoms with Gasteiger partial charge in [-0.25, -0.2) is 9.07 Å². The summed E-state index contributed by atoms with van der Waals surface area (Å²) in [6.45, 7) is 0.0764. The lowest BCUT2D eigenvalue weighted by Crippen LogP contribution is -2.23. The third kappa shape index (κ3) is 4.34. The molecule has 140 valence electrons. The van der Waals surface area contributed by atoms with E-state index in [-0.39, 0.29) is 23.8 Å². The highest BCUT2D eigenvalue weighted by Gasteiger charge is 2.11. The number of nitrogens with zero attached hydrogens (tertiary/aromatic N) is 4. The summed E-state index contributed by atoms with van der Waals surface area (Å²) >= 11 is 1.30. The maximum absolute atomic E-state index is 13.2. The quantitative estimate of drug-likeness (QED) is 0.464. The molecule has 4 aromatic rings. The second kappa shape index (κ2) is 8.18. The van der Waals surface area contributed by atoms with Crippen molar-refractivity contribution in [2.24, 2.45) is 0 Å². The molecule has 0 amide bonds. The van der Waals surface area contributed by atoms with Crippen LogP contribution in [0.15, 0.2) is 81.2 Å². The first-order chi connectivity index (χ1) is 13.7. The van der Waals surface area contributed by atoms with Crippen LogP contribution in [0.25, 0.3) is 11.3 Å². The first-order valence-electron chi connectivity index (χ1n) is 8.50. The molecule has 2 heterocycles. The van der Waals surface area contributed by atoms with Crippen LogP contribution < -0.4 is 5.56 Å². The van der Waals surface area contributed by atoms with Crippen molar-refractivity contribution in [1.82, 2.24) is 20.0 Å². The zero-order valence-electron chi connectivity index (χ0n) is 14.7. The van der Waals surface area contributed by atoms with E-state index in [4.69, 9.17) is 4.42 Å². The Hall–Kier alpha value is -3.26. The molecule has 0 saturated carbocycles. The van der Waals surface area contributed by atoms with Gasteiger partial charge in [0.25, 0.3) is 10.8 Å². The first-order valence-corrected chi connectivity index (χ1v) is 9.49. The van der Waals surface area contributed by atoms with Gasteiger partial charge in [-0.15, -0.1) is 10.2 Å². The Kier molecular flexibility index (Phi) is 5.29. The summed E-state index contributed by atoms with van der Waals surface area (Å²) in [5.74, 6) is 0.496. The predicted octanol–water partition coefficient (Wildman–Crippen LogP) is 3.77. The van der Waals surface area contributed by atoms with E-state index < -0.39 is 0 Å². The Balaban J connectivity index is 1.47. The minimum atomic E-state index is -0.284. The minimum Gasteiger partial charge on any atom is -0.414 e. The van der Waals surface area contributed by atoms with Crippen LogP contribution in [0.3, 0.4) is 0 Å². The molecule has 28 heavy (non-hydrogen) atoms. The summed E-state index contributed by atoms with van der Waals surface area (Å²) < 4.78 is 20.1. The highest BCUT2D eigenvalue weighted by Crippen LogP contribution is 2.22. The molecule has 8 heteroatoms. The second-order valence-electron chi connectivity index (χ2n) is 5.96. The van der Waals surface area contributed by atoms with Crippen molar-refractivity contribution in [3.8, 4) is 11.3 Å². The monoisotopic (exact) mass is 394 g/mol. The Labute approximate surface area is 164 Å². The average molecular weight is 394 g/mol. The van der Waals surface area contributed by atoms with E-state index in [1.165, 1.54) is 34.6 Å². The first kappa shape index (κ1) is 18.1. The molecule has 0 fully saturated rings. The average Bonchev–Trinajstić information content (AvgIpc) is 3.16. The van der Waals surface area contributed by atoms with Crippen LogP contribution in [-0.2, 0) is 12.3 Å². The molecule has 0 spiro atoms. The fraction of sp³-hybridized carbons (Fsp3) is 0.100. The van der Waals surface area contributed by atoms with E-state index in [0.717, 1.165) is 11.1 Å². The maximum Gasteiger partial charge on any atom is 0.276 e. The van der Waals surface area contributed by atoms with Gasteiger partial charge in [-0.3, -0.25) is 4.79 Å². The standard InChI is InChI=1S/C20H15FN4O2S/c21-16-8-4-5-14(11-16)13-28-20-23-22-18(27-20)12-25-19(26)10-9-17(24-25)15-6-2-1-3-7-15/h1-11H,12-13H2. The highest BCUT2D eigenvalue weighted by atomic mass is 32.2. The molecule has 0 bridgehead atoms. The highest BCUT2D eigenvalue weighted by molar-refractivity contribution is 7.98. The second-order valence-corrected chi connectivity index (χ2v) is 6.89. The number of hydrogen-bond donors (Lipinski definition) is 0. The van der Waals surface area contributed by atoms with Gasteiger partial charge in [0.15, 0.2) is 0 Å². The van der Waals surface area contributed by atoms with Crippen LogP contribution in [0, 0.1) is 5.82 Å². The molecular weight excluding hydrogens is 379 g/mol. The Morgan fingerprint density at radius 2 is 1.86 bits per heavy atom. The molecule has 2 aromatic carbocycles. The molecule has 0 atom stereocenters. The van der Waals surface area contributed by atoms with Gasteiger partial charge in [0, 0.05) is 17.4 Å². The topological polar surface area (TPSA) is 73.8 Å². The van der Waals surface area contributed by atoms with E-state index in [2.05, 4.69) is 15.3 Å². The Bertz CT molecular complexity index is 1140. The van der Waals surface area contributed by atoms with Crippen molar-refractivity contribution in [3.05, 3.63) is 94.4 Å². The predicted molar refractivity (Wildman–Crippen MR) is 103 cm³/mol. The molecule has 0 unspecified atom stereocenters. The smallest absolute Gasteiger partial charge is 0.276 e. The largest absolute Gasteiger partial charge is 0.414 e. The van der Waals surface area contributed by atoms with Gasteiger partial charge in [-0.2, -0.15) is 5.10 Å². The molecule has 0 saturated heterocycles. The van der Waals surface area contributed by atoms with Crippen molar-refractivity contribution in [2.75, 3.05) is 0 Å². The Morgan fingerprint density at radius 3 is 2.68 bits per heavy atom. The summed E-state index contributed by atoms with van der Waals surface area (Å²) in [5, 5.41) is 12.7. The lowest BCUT2D eigenvalue weighted by molar-refractivity contribution is 0.394. The van der Waals surface area contributed by atoms with Crippen LogP contribution >= 0.6 is 11.8 Å². The van der Waals surface area contributed by atoms with Crippen LogP contribution in [0.2, 0.25) is 0 Å². The van der Waals surface area contributed by atoms with Gasteiger partial charge in [-0.1, -0.05) is 54.2 Å². The number of thioether (sulfide) groups is 1. The van der Waals surface area contributed by atoms with E-state index in [1.807, 2.05) is 36.4 Å². The number of halogens is 1. The molecular formula is C20H15FN4O2S. The third-order valence-corrected chi connectivity index (χ3v) is 4.81. The van der Waals surface area contributed by atoms with Gasteiger partial charge in [0.1, 0.15) is 12.4 Å². The Morgan fingerprint density at radius 1 is 1.00 bits per heavy atom. The lowest BCUT2D eigenvalue weighted by Gasteiger charge is -2.05. The fourth-order valence-corrected chi connectivity index (χ4v) is 3.31. The number of aromatic nitrogens is 4. The summed E-state index contributed by atoms with van der Waals surface area (Å²) in [6, 6.07) is 19.1. The van der Waals surface area contributed by atoms with Crippen LogP contribution in [-0.4, -0.2) is 20.0 Å². The van der Waals surface area contributed by atoms with E-state index in [9.17, 15) is 9.18 Å². The molecule has 2 aromatic heterocycles. The lowest BCUT2D eigenvalue weighted by atomic mass is 10.1. The maximum atomic E-state index is 13.2. The van der Waals surface area contributed by atoms with Crippen LogP contribution in [0.5, 0.6) is 0 Å². The molecule has 0 aliphatic carbocycles. The van der Waals surface area contributed by atoms with Crippen molar-refractivity contribution >= 4 is 11.8 Å². The van der Waals surface area contributed by atoms with Crippen molar-refractivity contribution in [3.63, 3.8) is 0 Å². The number of hydrogen-bond acceptors (Lipinski definition) is 6. The van der Waals surface area contributed by atoms with E-state index >= 15 is 0 Å². The molecule has 0 aliphatic rings. The van der Waals surface area contributed by atoms with Gasteiger partial charge < -0.3 is 4.42 Å². The van der Waals surface area contributed by atoms with Crippen molar-refractivity contribution in [1.29, 1.82) is 0 Å². The van der Waals surface area contributed by atoms with Crippen molar-refractivity contribution < 1.29 is 8.81 Å². The number of rotatable bonds is 6. The molecule has 4 rings (SSSR count). The summed E-state index contributed by atoms with van der Waals surface area (Å²) in [5.41, 5.74) is 2.15. The zero-order chi connectivity index (χ0) is 19.3. The normalized spacial score (nSPS) is 10.9. The van der Waals surface area contributed by atoms with Gasteiger partial charge in [0.2, 0.25) is 5.89 Å². The molecule has 0 aliphatic heterocycles. The van der Waals surface area contributed by atoms with Crippen LogP contribution in [0.4, 0.5) is 4.39 Å². The molecule has 0 N–H and O–H groups in total. The van der Waals surface area contributed by atoms with E-state index in [0.29, 0.717) is 16.7 Å². The van der Waals surface area contributed by atoms with Gasteiger partial charge >= 0.3 is 0 Å². The molecule has 0 radical (unpaired) electrons. The fourth-order valence-electron chi connectivity index (χ4n) is 2.59. The zero-order valence-corrected chi connectivity index (χ0v) is 15.5. The number of benzene rings is 2. The third-order valence-electron chi connectivity index (χ3n) is 3.92. The van der Waals surface area contributed by atoms with Gasteiger partial charge in [-0.05, 0) is 23.8 Å². The van der Waals surface area contributed by atoms with E-state index in [1.54, 1.807) is 12.1 Å². The van der Waals surface area contributed by atoms with Gasteiger partial charge in [0.05, 0.1) is 5.69 Å². The summed E-state index contributed by atoms with van der Waals surface area (Å²) in [7, 11) is 0. The summed E-state index contributed by atoms with van der Waals surface area (Å²) in [4.78, 5) is 12.1. The van der Waals surface area contributed by atoms with Crippen molar-refractivity contribution in [2.45, 2.75) is 17.5 Å².